The number of benzene rings is 1. The van der Waals surface area contributed by atoms with Gasteiger partial charge < -0.3 is 9.64 Å². The topological polar surface area (TPSA) is 53.3 Å². The number of rotatable bonds is 2. The number of amides is 1. The predicted molar refractivity (Wildman–Crippen MR) is 82.8 cm³/mol. The Morgan fingerprint density at radius 2 is 2.00 bits per heavy atom. The Balaban J connectivity index is 1.80. The molecule has 2 atom stereocenters. The summed E-state index contributed by atoms with van der Waals surface area (Å²) in [6.45, 7) is 3.05. The molecule has 1 heterocycles. The van der Waals surface area contributed by atoms with Crippen molar-refractivity contribution >= 4 is 5.91 Å². The highest BCUT2D eigenvalue weighted by Crippen LogP contribution is 2.40. The molecular weight excluding hydrogens is 276 g/mol. The summed E-state index contributed by atoms with van der Waals surface area (Å²) in [4.78, 5) is 14.9. The molecule has 1 aromatic rings. The van der Waals surface area contributed by atoms with Gasteiger partial charge in [-0.15, -0.1) is 0 Å². The Bertz CT molecular complexity index is 572. The molecule has 1 saturated heterocycles. The molecule has 0 spiro atoms. The van der Waals surface area contributed by atoms with Crippen LogP contribution in [0, 0.1) is 16.7 Å². The molecule has 0 N–H and O–H groups in total. The van der Waals surface area contributed by atoms with Crippen LogP contribution in [0.25, 0.3) is 0 Å². The molecular formula is C18H22N2O2. The van der Waals surface area contributed by atoms with E-state index in [4.69, 9.17) is 4.74 Å². The quantitative estimate of drug-likeness (QED) is 0.843. The van der Waals surface area contributed by atoms with Crippen LogP contribution in [0.3, 0.4) is 0 Å². The van der Waals surface area contributed by atoms with E-state index in [2.05, 4.69) is 6.07 Å². The van der Waals surface area contributed by atoms with E-state index in [-0.39, 0.29) is 18.1 Å². The van der Waals surface area contributed by atoms with Crippen LogP contribution in [0.2, 0.25) is 0 Å². The van der Waals surface area contributed by atoms with Crippen LogP contribution in [0.15, 0.2) is 30.3 Å². The van der Waals surface area contributed by atoms with Gasteiger partial charge in [0.2, 0.25) is 5.91 Å². The van der Waals surface area contributed by atoms with Gasteiger partial charge in [-0.1, -0.05) is 43.2 Å². The van der Waals surface area contributed by atoms with Crippen molar-refractivity contribution in [2.45, 2.75) is 44.8 Å². The molecule has 1 aromatic carbocycles. The van der Waals surface area contributed by atoms with E-state index < -0.39 is 5.41 Å². The van der Waals surface area contributed by atoms with Crippen molar-refractivity contribution in [1.29, 1.82) is 5.26 Å². The lowest BCUT2D eigenvalue weighted by Gasteiger charge is -2.41. The smallest absolute Gasteiger partial charge is 0.243 e. The maximum Gasteiger partial charge on any atom is 0.243 e. The van der Waals surface area contributed by atoms with E-state index in [9.17, 15) is 10.1 Å². The lowest BCUT2D eigenvalue weighted by atomic mass is 9.85. The minimum Gasteiger partial charge on any atom is -0.370 e. The van der Waals surface area contributed by atoms with Crippen LogP contribution in [0.5, 0.6) is 0 Å². The maximum absolute atomic E-state index is 13.0. The van der Waals surface area contributed by atoms with Crippen molar-refractivity contribution in [3.63, 3.8) is 0 Å². The van der Waals surface area contributed by atoms with Crippen molar-refractivity contribution < 1.29 is 9.53 Å². The zero-order valence-corrected chi connectivity index (χ0v) is 13.0. The molecule has 4 heteroatoms. The Kier molecular flexibility index (Phi) is 4.17. The summed E-state index contributed by atoms with van der Waals surface area (Å²) in [7, 11) is 0. The summed E-state index contributed by atoms with van der Waals surface area (Å²) in [5, 5.41) is 9.56. The number of nitriles is 1. The predicted octanol–water partition coefficient (Wildman–Crippen LogP) is 3.06. The third-order valence-electron chi connectivity index (χ3n) is 4.95. The molecule has 1 amide bonds. The second-order valence-corrected chi connectivity index (χ2v) is 6.44. The molecule has 0 bridgehead atoms. The van der Waals surface area contributed by atoms with Crippen molar-refractivity contribution in [1.82, 2.24) is 4.90 Å². The summed E-state index contributed by atoms with van der Waals surface area (Å²) in [6, 6.07) is 12.3. The summed E-state index contributed by atoms with van der Waals surface area (Å²) >= 11 is 0. The van der Waals surface area contributed by atoms with Gasteiger partial charge in [0.1, 0.15) is 11.5 Å². The van der Waals surface area contributed by atoms with Gasteiger partial charge in [-0.25, -0.2) is 0 Å². The fourth-order valence-corrected chi connectivity index (χ4v) is 3.54. The van der Waals surface area contributed by atoms with Crippen LogP contribution in [-0.4, -0.2) is 30.0 Å². The standard InChI is InChI=1S/C18H22N2O2/c1-14-12-22-16(15-7-3-2-4-8-15)11-20(14)17(21)18(13-19)9-5-6-10-18/h2-4,7-8,14,16H,5-6,9-12H2,1H3/t14-,16-/m1/s1. The molecule has 1 saturated carbocycles. The van der Waals surface area contributed by atoms with E-state index in [0.29, 0.717) is 26.0 Å². The van der Waals surface area contributed by atoms with Crippen molar-refractivity contribution in [2.75, 3.05) is 13.2 Å². The Hall–Kier alpha value is -1.86. The molecule has 1 aliphatic heterocycles. The zero-order valence-electron chi connectivity index (χ0n) is 13.0. The fraction of sp³-hybridized carbons (Fsp3) is 0.556. The molecule has 4 nitrogen and oxygen atoms in total. The highest BCUT2D eigenvalue weighted by atomic mass is 16.5. The molecule has 0 unspecified atom stereocenters. The lowest BCUT2D eigenvalue weighted by Crippen LogP contribution is -2.52. The normalized spacial score (nSPS) is 27.4. The molecule has 1 aliphatic carbocycles. The van der Waals surface area contributed by atoms with Crippen LogP contribution in [0.4, 0.5) is 0 Å². The van der Waals surface area contributed by atoms with Crippen molar-refractivity contribution in [3.05, 3.63) is 35.9 Å². The fourth-order valence-electron chi connectivity index (χ4n) is 3.54. The third kappa shape index (κ3) is 2.62. The molecule has 2 aliphatic rings. The van der Waals surface area contributed by atoms with Gasteiger partial charge in [0.05, 0.1) is 25.3 Å². The second kappa shape index (κ2) is 6.10. The average Bonchev–Trinajstić information content (AvgIpc) is 3.06. The van der Waals surface area contributed by atoms with E-state index in [0.717, 1.165) is 18.4 Å². The number of hydrogen-bond acceptors (Lipinski definition) is 3. The summed E-state index contributed by atoms with van der Waals surface area (Å²) in [5.41, 5.74) is 0.289. The Morgan fingerprint density at radius 3 is 2.64 bits per heavy atom. The first-order valence-corrected chi connectivity index (χ1v) is 8.05. The Morgan fingerprint density at radius 1 is 1.32 bits per heavy atom. The van der Waals surface area contributed by atoms with Gasteiger partial charge in [-0.2, -0.15) is 5.26 Å². The van der Waals surface area contributed by atoms with Crippen LogP contribution in [-0.2, 0) is 9.53 Å². The van der Waals surface area contributed by atoms with Crippen molar-refractivity contribution in [2.24, 2.45) is 5.41 Å². The van der Waals surface area contributed by atoms with E-state index in [1.165, 1.54) is 0 Å². The molecule has 2 fully saturated rings. The SMILES string of the molecule is C[C@@H]1CO[C@@H](c2ccccc2)CN1C(=O)C1(C#N)CCCC1. The van der Waals surface area contributed by atoms with Gasteiger partial charge in [-0.05, 0) is 25.3 Å². The molecule has 116 valence electrons. The van der Waals surface area contributed by atoms with Gasteiger partial charge in [0.25, 0.3) is 0 Å². The van der Waals surface area contributed by atoms with Crippen LogP contribution < -0.4 is 0 Å². The zero-order chi connectivity index (χ0) is 15.6. The van der Waals surface area contributed by atoms with E-state index in [1.54, 1.807) is 0 Å². The van der Waals surface area contributed by atoms with Gasteiger partial charge in [-0.3, -0.25) is 4.79 Å². The van der Waals surface area contributed by atoms with Gasteiger partial charge in [0, 0.05) is 0 Å². The number of carbonyl (C=O) groups is 1. The average molecular weight is 298 g/mol. The van der Waals surface area contributed by atoms with Crippen LogP contribution >= 0.6 is 0 Å². The highest BCUT2D eigenvalue weighted by Gasteiger charge is 2.46. The highest BCUT2D eigenvalue weighted by molar-refractivity contribution is 5.86. The monoisotopic (exact) mass is 298 g/mol. The minimum atomic E-state index is -0.799. The molecule has 0 radical (unpaired) electrons. The summed E-state index contributed by atoms with van der Waals surface area (Å²) < 4.78 is 5.91. The second-order valence-electron chi connectivity index (χ2n) is 6.44. The number of carbonyl (C=O) groups excluding carboxylic acids is 1. The number of ether oxygens (including phenoxy) is 1. The van der Waals surface area contributed by atoms with Gasteiger partial charge in [0.15, 0.2) is 0 Å². The first kappa shape index (κ1) is 15.1. The lowest BCUT2D eigenvalue weighted by molar-refractivity contribution is -0.152. The van der Waals surface area contributed by atoms with Crippen LogP contribution in [0.1, 0.15) is 44.3 Å². The number of hydrogen-bond donors (Lipinski definition) is 0. The van der Waals surface area contributed by atoms with E-state index >= 15 is 0 Å². The molecule has 22 heavy (non-hydrogen) atoms. The first-order chi connectivity index (χ1) is 10.7. The summed E-state index contributed by atoms with van der Waals surface area (Å²) in [6.07, 6.45) is 3.24. The summed E-state index contributed by atoms with van der Waals surface area (Å²) in [5.74, 6) is 0.00392. The minimum absolute atomic E-state index is 0.00392. The molecule has 0 aromatic heterocycles. The largest absolute Gasteiger partial charge is 0.370 e. The number of morpholine rings is 1. The maximum atomic E-state index is 13.0. The number of nitrogens with zero attached hydrogens (tertiary/aromatic N) is 2. The first-order valence-electron chi connectivity index (χ1n) is 8.05. The van der Waals surface area contributed by atoms with Gasteiger partial charge >= 0.3 is 0 Å². The molecule has 3 rings (SSSR count). The Labute approximate surface area is 131 Å². The van der Waals surface area contributed by atoms with E-state index in [1.807, 2.05) is 42.2 Å². The third-order valence-corrected chi connectivity index (χ3v) is 4.95. The van der Waals surface area contributed by atoms with Crippen molar-refractivity contribution in [3.8, 4) is 6.07 Å².